The fraction of sp³-hybridized carbons (Fsp3) is 0.857. The van der Waals surface area contributed by atoms with E-state index in [0.717, 1.165) is 19.6 Å². The number of nitrogens with zero attached hydrogens (tertiary/aromatic N) is 1. The molecule has 2 unspecified atom stereocenters. The summed E-state index contributed by atoms with van der Waals surface area (Å²) in [6.07, 6.45) is 1.39. The van der Waals surface area contributed by atoms with Crippen LogP contribution in [0.25, 0.3) is 0 Å². The predicted molar refractivity (Wildman–Crippen MR) is 79.9 cm³/mol. The summed E-state index contributed by atoms with van der Waals surface area (Å²) >= 11 is 0. The number of carbonyl (C=O) groups excluding carboxylic acids is 1. The zero-order valence-corrected chi connectivity index (χ0v) is 13.1. The maximum absolute atomic E-state index is 11.8. The van der Waals surface area contributed by atoms with Gasteiger partial charge in [-0.25, -0.2) is 4.79 Å². The molecule has 2 amide bonds. The number of amides is 2. The van der Waals surface area contributed by atoms with Crippen LogP contribution >= 0.6 is 0 Å². The molecule has 3 N–H and O–H groups in total. The summed E-state index contributed by atoms with van der Waals surface area (Å²) in [5.74, 6) is -0.797. The fourth-order valence-corrected chi connectivity index (χ4v) is 2.04. The van der Waals surface area contributed by atoms with Crippen LogP contribution < -0.4 is 10.6 Å². The van der Waals surface area contributed by atoms with Gasteiger partial charge in [0, 0.05) is 25.0 Å². The normalized spacial score (nSPS) is 13.8. The standard InChI is InChI=1S/C14H29N3O3/c1-5-17(6-2)10-12(4)16-14(20)15-11(3)8-7-9-13(18)19/h11-12H,5-10H2,1-4H3,(H,18,19)(H2,15,16,20). The molecule has 6 heteroatoms. The number of aliphatic carboxylic acids is 1. The summed E-state index contributed by atoms with van der Waals surface area (Å²) in [6, 6.07) is -0.122. The maximum Gasteiger partial charge on any atom is 0.315 e. The lowest BCUT2D eigenvalue weighted by Crippen LogP contribution is -2.48. The van der Waals surface area contributed by atoms with E-state index in [0.29, 0.717) is 12.8 Å². The van der Waals surface area contributed by atoms with Crippen molar-refractivity contribution in [2.75, 3.05) is 19.6 Å². The second kappa shape index (κ2) is 10.5. The second-order valence-electron chi connectivity index (χ2n) is 5.19. The van der Waals surface area contributed by atoms with Gasteiger partial charge in [0.05, 0.1) is 0 Å². The van der Waals surface area contributed by atoms with Gasteiger partial charge in [-0.05, 0) is 39.8 Å². The smallest absolute Gasteiger partial charge is 0.315 e. The zero-order valence-electron chi connectivity index (χ0n) is 13.1. The third kappa shape index (κ3) is 9.61. The van der Waals surface area contributed by atoms with Crippen molar-refractivity contribution in [1.82, 2.24) is 15.5 Å². The lowest BCUT2D eigenvalue weighted by Gasteiger charge is -2.24. The summed E-state index contributed by atoms with van der Waals surface area (Å²) in [5.41, 5.74) is 0. The average molecular weight is 287 g/mol. The number of nitrogens with one attached hydrogen (secondary N) is 2. The van der Waals surface area contributed by atoms with E-state index < -0.39 is 5.97 Å². The molecule has 20 heavy (non-hydrogen) atoms. The van der Waals surface area contributed by atoms with Crippen LogP contribution in [0.2, 0.25) is 0 Å². The Morgan fingerprint density at radius 2 is 1.65 bits per heavy atom. The van der Waals surface area contributed by atoms with Crippen LogP contribution in [-0.4, -0.2) is 53.7 Å². The summed E-state index contributed by atoms with van der Waals surface area (Å²) in [7, 11) is 0. The Bertz CT molecular complexity index is 293. The first kappa shape index (κ1) is 18.7. The lowest BCUT2D eigenvalue weighted by atomic mass is 10.1. The molecule has 0 saturated carbocycles. The first-order valence-electron chi connectivity index (χ1n) is 7.40. The Balaban J connectivity index is 3.88. The highest BCUT2D eigenvalue weighted by atomic mass is 16.4. The van der Waals surface area contributed by atoms with Crippen LogP contribution in [-0.2, 0) is 4.79 Å². The van der Waals surface area contributed by atoms with Crippen LogP contribution in [0, 0.1) is 0 Å². The van der Waals surface area contributed by atoms with E-state index in [9.17, 15) is 9.59 Å². The third-order valence-electron chi connectivity index (χ3n) is 3.21. The topological polar surface area (TPSA) is 81.7 Å². The minimum absolute atomic E-state index is 0.0185. The van der Waals surface area contributed by atoms with Gasteiger partial charge in [-0.3, -0.25) is 4.79 Å². The molecular weight excluding hydrogens is 258 g/mol. The molecule has 0 aromatic rings. The quantitative estimate of drug-likeness (QED) is 0.571. The Kier molecular flexibility index (Phi) is 9.80. The molecule has 0 heterocycles. The number of urea groups is 1. The Hall–Kier alpha value is -1.30. The van der Waals surface area contributed by atoms with Gasteiger partial charge < -0.3 is 20.6 Å². The molecule has 0 aromatic carbocycles. The van der Waals surface area contributed by atoms with Gasteiger partial charge in [-0.1, -0.05) is 13.8 Å². The van der Waals surface area contributed by atoms with Crippen molar-refractivity contribution in [3.8, 4) is 0 Å². The van der Waals surface area contributed by atoms with Crippen molar-refractivity contribution in [2.24, 2.45) is 0 Å². The van der Waals surface area contributed by atoms with E-state index in [4.69, 9.17) is 5.11 Å². The molecule has 0 spiro atoms. The zero-order chi connectivity index (χ0) is 15.5. The largest absolute Gasteiger partial charge is 0.481 e. The highest BCUT2D eigenvalue weighted by Crippen LogP contribution is 2.00. The van der Waals surface area contributed by atoms with Crippen LogP contribution in [0.15, 0.2) is 0 Å². The predicted octanol–water partition coefficient (Wildman–Crippen LogP) is 1.66. The summed E-state index contributed by atoms with van der Waals surface area (Å²) in [4.78, 5) is 24.4. The Morgan fingerprint density at radius 3 is 2.15 bits per heavy atom. The number of hydrogen-bond acceptors (Lipinski definition) is 3. The number of likely N-dealkylation sites (N-methyl/N-ethyl adjacent to an activating group) is 1. The van der Waals surface area contributed by atoms with Gasteiger partial charge in [0.25, 0.3) is 0 Å². The molecule has 0 aromatic heterocycles. The Labute approximate surface area is 121 Å². The van der Waals surface area contributed by atoms with E-state index in [1.54, 1.807) is 0 Å². The van der Waals surface area contributed by atoms with Crippen molar-refractivity contribution in [3.63, 3.8) is 0 Å². The van der Waals surface area contributed by atoms with Crippen molar-refractivity contribution >= 4 is 12.0 Å². The number of carbonyl (C=O) groups is 2. The minimum atomic E-state index is -0.797. The third-order valence-corrected chi connectivity index (χ3v) is 3.21. The average Bonchev–Trinajstić information content (AvgIpc) is 2.34. The maximum atomic E-state index is 11.8. The van der Waals surface area contributed by atoms with Gasteiger partial charge >= 0.3 is 12.0 Å². The van der Waals surface area contributed by atoms with Crippen molar-refractivity contribution in [1.29, 1.82) is 0 Å². The molecule has 0 rings (SSSR count). The van der Waals surface area contributed by atoms with E-state index >= 15 is 0 Å². The van der Waals surface area contributed by atoms with Crippen molar-refractivity contribution in [3.05, 3.63) is 0 Å². The van der Waals surface area contributed by atoms with Gasteiger partial charge in [-0.15, -0.1) is 0 Å². The first-order chi connectivity index (χ1) is 9.38. The van der Waals surface area contributed by atoms with Crippen LogP contribution in [0.3, 0.4) is 0 Å². The minimum Gasteiger partial charge on any atom is -0.481 e. The monoisotopic (exact) mass is 287 g/mol. The number of carboxylic acids is 1. The lowest BCUT2D eigenvalue weighted by molar-refractivity contribution is -0.137. The molecule has 0 fully saturated rings. The van der Waals surface area contributed by atoms with E-state index in [2.05, 4.69) is 29.4 Å². The molecule has 0 radical (unpaired) electrons. The molecule has 0 aliphatic heterocycles. The van der Waals surface area contributed by atoms with E-state index in [1.807, 2.05) is 13.8 Å². The van der Waals surface area contributed by atoms with Crippen LogP contribution in [0.5, 0.6) is 0 Å². The molecular formula is C14H29N3O3. The summed E-state index contributed by atoms with van der Waals surface area (Å²) in [6.45, 7) is 10.8. The van der Waals surface area contributed by atoms with Gasteiger partial charge in [0.15, 0.2) is 0 Å². The highest BCUT2D eigenvalue weighted by Gasteiger charge is 2.12. The fourth-order valence-electron chi connectivity index (χ4n) is 2.04. The van der Waals surface area contributed by atoms with Crippen molar-refractivity contribution in [2.45, 2.75) is 59.0 Å². The van der Waals surface area contributed by atoms with Crippen LogP contribution in [0.1, 0.15) is 47.0 Å². The number of carboxylic acid groups (broad SMARTS) is 1. The molecule has 0 aliphatic carbocycles. The molecule has 6 nitrogen and oxygen atoms in total. The second-order valence-corrected chi connectivity index (χ2v) is 5.19. The number of rotatable bonds is 10. The molecule has 118 valence electrons. The van der Waals surface area contributed by atoms with Crippen molar-refractivity contribution < 1.29 is 14.7 Å². The molecule has 0 saturated heterocycles. The molecule has 2 atom stereocenters. The SMILES string of the molecule is CCN(CC)CC(C)NC(=O)NC(C)CCCC(=O)O. The van der Waals surface area contributed by atoms with Gasteiger partial charge in [0.1, 0.15) is 0 Å². The highest BCUT2D eigenvalue weighted by molar-refractivity contribution is 5.74. The van der Waals surface area contributed by atoms with Crippen LogP contribution in [0.4, 0.5) is 4.79 Å². The number of hydrogen-bond donors (Lipinski definition) is 3. The van der Waals surface area contributed by atoms with E-state index in [-0.39, 0.29) is 24.5 Å². The summed E-state index contributed by atoms with van der Waals surface area (Å²) in [5, 5.41) is 14.3. The van der Waals surface area contributed by atoms with Gasteiger partial charge in [-0.2, -0.15) is 0 Å². The molecule has 0 bridgehead atoms. The van der Waals surface area contributed by atoms with Gasteiger partial charge in [0.2, 0.25) is 0 Å². The Morgan fingerprint density at radius 1 is 1.10 bits per heavy atom. The molecule has 0 aliphatic rings. The van der Waals surface area contributed by atoms with E-state index in [1.165, 1.54) is 0 Å². The first-order valence-corrected chi connectivity index (χ1v) is 7.40. The summed E-state index contributed by atoms with van der Waals surface area (Å²) < 4.78 is 0.